The van der Waals surface area contributed by atoms with Gasteiger partial charge in [0.05, 0.1) is 18.3 Å². The summed E-state index contributed by atoms with van der Waals surface area (Å²) in [6, 6.07) is 2.62. The van der Waals surface area contributed by atoms with Crippen molar-refractivity contribution in [2.24, 2.45) is 0 Å². The molecule has 0 aliphatic carbocycles. The smallest absolute Gasteiger partial charge is 0.337 e. The van der Waals surface area contributed by atoms with Crippen LogP contribution < -0.4 is 5.32 Å². The molecular formula is C11H15NO5. The van der Waals surface area contributed by atoms with Gasteiger partial charge in [0.2, 0.25) is 0 Å². The van der Waals surface area contributed by atoms with Crippen LogP contribution in [0.25, 0.3) is 0 Å². The molecule has 6 nitrogen and oxygen atoms in total. The number of hydrogen-bond donors (Lipinski definition) is 5. The second-order valence-corrected chi connectivity index (χ2v) is 3.71. The molecule has 0 radical (unpaired) electrons. The SMILES string of the molecule is Cc1cc(NCC(O)CO)c(C(=O)O)cc1O. The fraction of sp³-hybridized carbons (Fsp3) is 0.364. The molecule has 1 atom stereocenters. The molecule has 1 aromatic carbocycles. The van der Waals surface area contributed by atoms with E-state index in [1.807, 2.05) is 0 Å². The molecule has 0 heterocycles. The highest BCUT2D eigenvalue weighted by atomic mass is 16.4. The van der Waals surface area contributed by atoms with Crippen LogP contribution in [-0.4, -0.2) is 45.7 Å². The number of aromatic carboxylic acids is 1. The van der Waals surface area contributed by atoms with Crippen molar-refractivity contribution in [3.63, 3.8) is 0 Å². The second kappa shape index (κ2) is 5.51. The Balaban J connectivity index is 2.96. The molecule has 0 fully saturated rings. The van der Waals surface area contributed by atoms with Gasteiger partial charge in [-0.05, 0) is 24.6 Å². The predicted octanol–water partition coefficient (Wildman–Crippen LogP) is 0.164. The molecule has 0 amide bonds. The standard InChI is InChI=1S/C11H15NO5/c1-6-2-9(12-4-7(14)5-13)8(11(16)17)3-10(6)15/h2-3,7,12-15H,4-5H2,1H3,(H,16,17). The molecule has 5 N–H and O–H groups in total. The molecule has 6 heteroatoms. The monoisotopic (exact) mass is 241 g/mol. The van der Waals surface area contributed by atoms with Crippen LogP contribution in [0.4, 0.5) is 5.69 Å². The first-order valence-corrected chi connectivity index (χ1v) is 5.05. The van der Waals surface area contributed by atoms with E-state index in [0.717, 1.165) is 6.07 Å². The first-order chi connectivity index (χ1) is 7.95. The van der Waals surface area contributed by atoms with Gasteiger partial charge >= 0.3 is 5.97 Å². The van der Waals surface area contributed by atoms with E-state index in [4.69, 9.17) is 15.3 Å². The maximum absolute atomic E-state index is 10.9. The van der Waals surface area contributed by atoms with Crippen molar-refractivity contribution >= 4 is 11.7 Å². The van der Waals surface area contributed by atoms with E-state index in [1.54, 1.807) is 6.92 Å². The van der Waals surface area contributed by atoms with Crippen LogP contribution in [0.3, 0.4) is 0 Å². The topological polar surface area (TPSA) is 110 Å². The Bertz CT molecular complexity index is 419. The first-order valence-electron chi connectivity index (χ1n) is 5.05. The fourth-order valence-electron chi connectivity index (χ4n) is 1.31. The van der Waals surface area contributed by atoms with Crippen LogP contribution in [0.15, 0.2) is 12.1 Å². The van der Waals surface area contributed by atoms with Crippen molar-refractivity contribution in [1.82, 2.24) is 0 Å². The average molecular weight is 241 g/mol. The van der Waals surface area contributed by atoms with Gasteiger partial charge in [0.15, 0.2) is 0 Å². The molecule has 0 bridgehead atoms. The lowest BCUT2D eigenvalue weighted by atomic mass is 10.1. The predicted molar refractivity (Wildman–Crippen MR) is 61.4 cm³/mol. The van der Waals surface area contributed by atoms with Crippen LogP contribution in [0.5, 0.6) is 5.75 Å². The number of aliphatic hydroxyl groups excluding tert-OH is 2. The summed E-state index contributed by atoms with van der Waals surface area (Å²) in [6.45, 7) is 1.25. The number of nitrogens with one attached hydrogen (secondary N) is 1. The number of hydrogen-bond acceptors (Lipinski definition) is 5. The third-order valence-electron chi connectivity index (χ3n) is 2.31. The molecule has 94 valence electrons. The van der Waals surface area contributed by atoms with Crippen molar-refractivity contribution < 1.29 is 25.2 Å². The Hall–Kier alpha value is -1.79. The highest BCUT2D eigenvalue weighted by Crippen LogP contribution is 2.25. The van der Waals surface area contributed by atoms with Crippen LogP contribution in [0.1, 0.15) is 15.9 Å². The summed E-state index contributed by atoms with van der Waals surface area (Å²) >= 11 is 0. The van der Waals surface area contributed by atoms with Crippen molar-refractivity contribution in [3.05, 3.63) is 23.3 Å². The number of carboxylic acid groups (broad SMARTS) is 1. The summed E-state index contributed by atoms with van der Waals surface area (Å²) in [5.74, 6) is -1.28. The number of rotatable bonds is 5. The molecule has 1 unspecified atom stereocenters. The van der Waals surface area contributed by atoms with Gasteiger partial charge in [0.25, 0.3) is 0 Å². The summed E-state index contributed by atoms with van der Waals surface area (Å²) in [5, 5.41) is 38.9. The lowest BCUT2D eigenvalue weighted by Gasteiger charge is -2.13. The molecule has 17 heavy (non-hydrogen) atoms. The largest absolute Gasteiger partial charge is 0.508 e. The van der Waals surface area contributed by atoms with E-state index in [2.05, 4.69) is 5.32 Å². The number of anilines is 1. The lowest BCUT2D eigenvalue weighted by molar-refractivity contribution is 0.0697. The Morgan fingerprint density at radius 1 is 1.47 bits per heavy atom. The fourth-order valence-corrected chi connectivity index (χ4v) is 1.31. The second-order valence-electron chi connectivity index (χ2n) is 3.71. The highest BCUT2D eigenvalue weighted by molar-refractivity contribution is 5.95. The van der Waals surface area contributed by atoms with Crippen molar-refractivity contribution in [3.8, 4) is 5.75 Å². The molecule has 0 saturated heterocycles. The molecular weight excluding hydrogens is 226 g/mol. The molecule has 1 rings (SSSR count). The number of phenols is 1. The van der Waals surface area contributed by atoms with Gasteiger partial charge < -0.3 is 25.7 Å². The Morgan fingerprint density at radius 3 is 2.65 bits per heavy atom. The summed E-state index contributed by atoms with van der Waals surface area (Å²) < 4.78 is 0. The van der Waals surface area contributed by atoms with Crippen LogP contribution >= 0.6 is 0 Å². The number of phenolic OH excluding ortho intramolecular Hbond substituents is 1. The van der Waals surface area contributed by atoms with E-state index in [9.17, 15) is 9.90 Å². The minimum atomic E-state index is -1.18. The molecule has 0 saturated carbocycles. The van der Waals surface area contributed by atoms with E-state index < -0.39 is 18.7 Å². The number of carboxylic acids is 1. The third kappa shape index (κ3) is 3.33. The average Bonchev–Trinajstić information content (AvgIpc) is 2.29. The van der Waals surface area contributed by atoms with Gasteiger partial charge in [-0.1, -0.05) is 0 Å². The van der Waals surface area contributed by atoms with Crippen LogP contribution in [-0.2, 0) is 0 Å². The van der Waals surface area contributed by atoms with Gasteiger partial charge in [-0.2, -0.15) is 0 Å². The van der Waals surface area contributed by atoms with Crippen molar-refractivity contribution in [2.45, 2.75) is 13.0 Å². The molecule has 0 aliphatic heterocycles. The zero-order valence-electron chi connectivity index (χ0n) is 9.34. The number of carbonyl (C=O) groups is 1. The van der Waals surface area contributed by atoms with Crippen LogP contribution in [0.2, 0.25) is 0 Å². The molecule has 0 aromatic heterocycles. The number of benzene rings is 1. The Labute approximate surface area is 98.1 Å². The maximum atomic E-state index is 10.9. The summed E-state index contributed by atoms with van der Waals surface area (Å²) in [4.78, 5) is 10.9. The zero-order chi connectivity index (χ0) is 13.0. The first kappa shape index (κ1) is 13.3. The molecule has 0 aliphatic rings. The van der Waals surface area contributed by atoms with Gasteiger partial charge in [-0.25, -0.2) is 4.79 Å². The Morgan fingerprint density at radius 2 is 2.12 bits per heavy atom. The van der Waals surface area contributed by atoms with Crippen molar-refractivity contribution in [1.29, 1.82) is 0 Å². The summed E-state index contributed by atoms with van der Waals surface area (Å²) in [6.07, 6.45) is -0.967. The Kier molecular flexibility index (Phi) is 4.30. The maximum Gasteiger partial charge on any atom is 0.337 e. The minimum absolute atomic E-state index is 0.0288. The minimum Gasteiger partial charge on any atom is -0.508 e. The number of aromatic hydroxyl groups is 1. The summed E-state index contributed by atoms with van der Waals surface area (Å²) in [7, 11) is 0. The summed E-state index contributed by atoms with van der Waals surface area (Å²) in [5.41, 5.74) is 0.731. The zero-order valence-corrected chi connectivity index (χ0v) is 9.34. The third-order valence-corrected chi connectivity index (χ3v) is 2.31. The van der Waals surface area contributed by atoms with E-state index in [0.29, 0.717) is 11.3 Å². The van der Waals surface area contributed by atoms with Gasteiger partial charge in [-0.15, -0.1) is 0 Å². The number of aliphatic hydroxyl groups is 2. The molecule has 1 aromatic rings. The molecule has 0 spiro atoms. The van der Waals surface area contributed by atoms with Crippen molar-refractivity contribution in [2.75, 3.05) is 18.5 Å². The van der Waals surface area contributed by atoms with Gasteiger partial charge in [0.1, 0.15) is 5.75 Å². The van der Waals surface area contributed by atoms with Crippen LogP contribution in [0, 0.1) is 6.92 Å². The lowest BCUT2D eigenvalue weighted by Crippen LogP contribution is -2.23. The van der Waals surface area contributed by atoms with E-state index >= 15 is 0 Å². The van der Waals surface area contributed by atoms with E-state index in [1.165, 1.54) is 6.07 Å². The van der Waals surface area contributed by atoms with E-state index in [-0.39, 0.29) is 17.9 Å². The quantitative estimate of drug-likeness (QED) is 0.470. The van der Waals surface area contributed by atoms with Gasteiger partial charge in [0, 0.05) is 12.2 Å². The normalized spacial score (nSPS) is 12.2. The highest BCUT2D eigenvalue weighted by Gasteiger charge is 2.13. The van der Waals surface area contributed by atoms with Gasteiger partial charge in [-0.3, -0.25) is 0 Å². The number of aryl methyl sites for hydroxylation is 1.